The molecule has 0 unspecified atom stereocenters. The number of aromatic nitrogens is 2. The van der Waals surface area contributed by atoms with Crippen molar-refractivity contribution in [3.8, 4) is 5.75 Å². The van der Waals surface area contributed by atoms with Crippen LogP contribution in [-0.2, 0) is 13.1 Å². The number of carbonyl (C=O) groups is 1. The molecule has 39 heavy (non-hydrogen) atoms. The highest BCUT2D eigenvalue weighted by molar-refractivity contribution is 5.93. The second kappa shape index (κ2) is 10.7. The summed E-state index contributed by atoms with van der Waals surface area (Å²) in [5.74, 6) is 0.401. The minimum Gasteiger partial charge on any atom is -0.497 e. The number of nitrogens with one attached hydrogen (secondary N) is 1. The fraction of sp³-hybridized carbons (Fsp3) is 0.355. The summed E-state index contributed by atoms with van der Waals surface area (Å²) in [6.45, 7) is 6.14. The minimum absolute atomic E-state index is 0.417. The lowest BCUT2D eigenvalue weighted by molar-refractivity contribution is 0.0706. The Kier molecular flexibility index (Phi) is 6.97. The van der Waals surface area contributed by atoms with E-state index in [1.807, 2.05) is 18.3 Å². The van der Waals surface area contributed by atoms with Crippen LogP contribution in [0.15, 0.2) is 73.1 Å². The summed E-state index contributed by atoms with van der Waals surface area (Å²) in [5, 5.41) is 10.0. The third kappa shape index (κ3) is 5.22. The van der Waals surface area contributed by atoms with Crippen molar-refractivity contribution in [3.63, 3.8) is 0 Å². The van der Waals surface area contributed by atoms with Crippen LogP contribution in [-0.4, -0.2) is 58.9 Å². The SMILES string of the molecule is COc1ccc(CN2CCC3(CCN(c4ccnc5c4ccn5Cc4ccc(C(=O)NO)cc4)CC3)C2)cc1. The number of benzene rings is 2. The summed E-state index contributed by atoms with van der Waals surface area (Å²) in [6.07, 6.45) is 7.71. The van der Waals surface area contributed by atoms with E-state index in [1.165, 1.54) is 49.0 Å². The van der Waals surface area contributed by atoms with Gasteiger partial charge in [0.05, 0.1) is 7.11 Å². The van der Waals surface area contributed by atoms with Gasteiger partial charge in [0.15, 0.2) is 0 Å². The van der Waals surface area contributed by atoms with Crippen LogP contribution in [0.3, 0.4) is 0 Å². The summed E-state index contributed by atoms with van der Waals surface area (Å²) in [7, 11) is 1.71. The molecule has 4 heterocycles. The Morgan fingerprint density at radius 3 is 2.36 bits per heavy atom. The molecule has 0 radical (unpaired) electrons. The standard InChI is InChI=1S/C31H35N5O3/c1-39-26-8-4-23(5-9-26)20-34-17-12-31(22-34)13-18-35(19-14-31)28-10-15-32-29-27(28)11-16-36(29)21-24-2-6-25(7-3-24)30(37)33-38/h2-11,15-16,38H,12-14,17-22H2,1H3,(H,33,37). The van der Waals surface area contributed by atoms with Gasteiger partial charge in [-0.25, -0.2) is 10.5 Å². The van der Waals surface area contributed by atoms with Crippen LogP contribution in [0, 0.1) is 5.41 Å². The van der Waals surface area contributed by atoms with Crippen LogP contribution in [0.5, 0.6) is 5.75 Å². The molecule has 0 saturated carbocycles. The molecule has 6 rings (SSSR count). The highest BCUT2D eigenvalue weighted by Crippen LogP contribution is 2.42. The van der Waals surface area contributed by atoms with Crippen LogP contribution in [0.4, 0.5) is 5.69 Å². The molecule has 2 fully saturated rings. The van der Waals surface area contributed by atoms with Crippen molar-refractivity contribution in [1.82, 2.24) is 19.9 Å². The number of hydroxylamine groups is 1. The van der Waals surface area contributed by atoms with Crippen molar-refractivity contribution in [1.29, 1.82) is 0 Å². The second-order valence-electron chi connectivity index (χ2n) is 10.9. The number of anilines is 1. The number of hydrogen-bond donors (Lipinski definition) is 2. The van der Waals surface area contributed by atoms with Gasteiger partial charge in [-0.15, -0.1) is 0 Å². The van der Waals surface area contributed by atoms with E-state index < -0.39 is 5.91 Å². The molecule has 0 aliphatic carbocycles. The number of amides is 1. The highest BCUT2D eigenvalue weighted by atomic mass is 16.5. The van der Waals surface area contributed by atoms with Crippen LogP contribution in [0.25, 0.3) is 11.0 Å². The van der Waals surface area contributed by atoms with Crippen molar-refractivity contribution in [2.45, 2.75) is 32.4 Å². The maximum absolute atomic E-state index is 11.6. The van der Waals surface area contributed by atoms with Gasteiger partial charge >= 0.3 is 0 Å². The molecule has 8 nitrogen and oxygen atoms in total. The van der Waals surface area contributed by atoms with E-state index in [4.69, 9.17) is 14.9 Å². The fourth-order valence-electron chi connectivity index (χ4n) is 6.28. The van der Waals surface area contributed by atoms with E-state index in [0.717, 1.165) is 36.6 Å². The van der Waals surface area contributed by atoms with Gasteiger partial charge in [0.25, 0.3) is 5.91 Å². The van der Waals surface area contributed by atoms with E-state index in [2.05, 4.69) is 57.0 Å². The van der Waals surface area contributed by atoms with E-state index in [-0.39, 0.29) is 0 Å². The predicted octanol–water partition coefficient (Wildman–Crippen LogP) is 4.70. The van der Waals surface area contributed by atoms with Gasteiger partial charge in [-0.05, 0) is 78.7 Å². The summed E-state index contributed by atoms with van der Waals surface area (Å²) < 4.78 is 7.45. The van der Waals surface area contributed by atoms with Gasteiger partial charge in [-0.3, -0.25) is 14.9 Å². The Labute approximate surface area is 228 Å². The number of ether oxygens (including phenoxy) is 1. The zero-order chi connectivity index (χ0) is 26.8. The van der Waals surface area contributed by atoms with Crippen molar-refractivity contribution in [2.24, 2.45) is 5.41 Å². The molecular weight excluding hydrogens is 490 g/mol. The van der Waals surface area contributed by atoms with Crippen molar-refractivity contribution in [3.05, 3.63) is 89.7 Å². The highest BCUT2D eigenvalue weighted by Gasteiger charge is 2.40. The topological polar surface area (TPSA) is 82.9 Å². The quantitative estimate of drug-likeness (QED) is 0.269. The Balaban J connectivity index is 1.10. The summed E-state index contributed by atoms with van der Waals surface area (Å²) in [6, 6.07) is 20.0. The minimum atomic E-state index is -0.509. The first-order valence-corrected chi connectivity index (χ1v) is 13.6. The molecule has 4 aromatic rings. The first kappa shape index (κ1) is 25.4. The average molecular weight is 526 g/mol. The number of piperidine rings is 1. The lowest BCUT2D eigenvalue weighted by atomic mass is 9.77. The van der Waals surface area contributed by atoms with Gasteiger partial charge in [-0.1, -0.05) is 24.3 Å². The number of pyridine rings is 1. The molecule has 2 saturated heterocycles. The first-order chi connectivity index (χ1) is 19.1. The van der Waals surface area contributed by atoms with Gasteiger partial charge in [0, 0.05) is 61.8 Å². The smallest absolute Gasteiger partial charge is 0.274 e. The molecule has 2 aromatic heterocycles. The molecule has 2 aliphatic rings. The van der Waals surface area contributed by atoms with Crippen molar-refractivity contribution < 1.29 is 14.7 Å². The van der Waals surface area contributed by atoms with E-state index in [9.17, 15) is 4.79 Å². The molecule has 8 heteroatoms. The van der Waals surface area contributed by atoms with Gasteiger partial charge in [0.2, 0.25) is 0 Å². The molecule has 1 amide bonds. The van der Waals surface area contributed by atoms with Crippen molar-refractivity contribution >= 4 is 22.6 Å². The molecule has 0 atom stereocenters. The fourth-order valence-corrected chi connectivity index (χ4v) is 6.28. The number of nitrogens with zero attached hydrogens (tertiary/aromatic N) is 4. The van der Waals surface area contributed by atoms with E-state index >= 15 is 0 Å². The molecule has 1 spiro atoms. The number of rotatable bonds is 7. The largest absolute Gasteiger partial charge is 0.497 e. The number of fused-ring (bicyclic) bond motifs is 1. The van der Waals surface area contributed by atoms with Crippen molar-refractivity contribution in [2.75, 3.05) is 38.2 Å². The third-order valence-corrected chi connectivity index (χ3v) is 8.56. The normalized spacial score (nSPS) is 17.1. The predicted molar refractivity (Wildman–Crippen MR) is 151 cm³/mol. The molecule has 2 aromatic carbocycles. The van der Waals surface area contributed by atoms with E-state index in [0.29, 0.717) is 17.5 Å². The maximum Gasteiger partial charge on any atom is 0.274 e. The van der Waals surface area contributed by atoms with Gasteiger partial charge in [-0.2, -0.15) is 0 Å². The molecule has 2 aliphatic heterocycles. The molecular formula is C31H35N5O3. The summed E-state index contributed by atoms with van der Waals surface area (Å²) in [5.41, 5.74) is 7.16. The Hall–Kier alpha value is -3.88. The van der Waals surface area contributed by atoms with Crippen LogP contribution < -0.4 is 15.1 Å². The lowest BCUT2D eigenvalue weighted by Crippen LogP contribution is -2.41. The Morgan fingerprint density at radius 1 is 0.949 bits per heavy atom. The average Bonchev–Trinajstić information content (AvgIpc) is 3.57. The van der Waals surface area contributed by atoms with Gasteiger partial charge in [0.1, 0.15) is 11.4 Å². The van der Waals surface area contributed by atoms with Crippen LogP contribution in [0.2, 0.25) is 0 Å². The number of hydrogen-bond acceptors (Lipinski definition) is 6. The zero-order valence-electron chi connectivity index (χ0n) is 22.3. The maximum atomic E-state index is 11.6. The molecule has 0 bridgehead atoms. The van der Waals surface area contributed by atoms with Gasteiger partial charge < -0.3 is 14.2 Å². The Bertz CT molecular complexity index is 1440. The second-order valence-corrected chi connectivity index (χ2v) is 10.9. The Morgan fingerprint density at radius 2 is 1.64 bits per heavy atom. The molecule has 202 valence electrons. The van der Waals surface area contributed by atoms with Crippen LogP contribution >= 0.6 is 0 Å². The number of methoxy groups -OCH3 is 1. The zero-order valence-corrected chi connectivity index (χ0v) is 22.3. The monoisotopic (exact) mass is 525 g/mol. The third-order valence-electron chi connectivity index (χ3n) is 8.56. The number of likely N-dealkylation sites (tertiary alicyclic amines) is 1. The summed E-state index contributed by atoms with van der Waals surface area (Å²) >= 11 is 0. The van der Waals surface area contributed by atoms with E-state index in [1.54, 1.807) is 24.7 Å². The number of carbonyl (C=O) groups excluding carboxylic acids is 1. The summed E-state index contributed by atoms with van der Waals surface area (Å²) in [4.78, 5) is 21.5. The lowest BCUT2D eigenvalue weighted by Gasteiger charge is -2.40. The molecule has 2 N–H and O–H groups in total. The first-order valence-electron chi connectivity index (χ1n) is 13.6. The van der Waals surface area contributed by atoms with Crippen LogP contribution in [0.1, 0.15) is 40.7 Å².